The van der Waals surface area contributed by atoms with Crippen LogP contribution in [-0.2, 0) is 6.42 Å². The van der Waals surface area contributed by atoms with Crippen LogP contribution in [-0.4, -0.2) is 17.5 Å². The van der Waals surface area contributed by atoms with Crippen LogP contribution in [0, 0.1) is 0 Å². The van der Waals surface area contributed by atoms with Crippen LogP contribution in [0.4, 0.5) is 0 Å². The Kier molecular flexibility index (Phi) is 3.35. The van der Waals surface area contributed by atoms with Gasteiger partial charge in [0, 0.05) is 23.6 Å². The Morgan fingerprint density at radius 3 is 2.92 bits per heavy atom. The van der Waals surface area contributed by atoms with Crippen molar-refractivity contribution in [1.29, 1.82) is 0 Å². The quantitative estimate of drug-likeness (QED) is 0.674. The predicted octanol–water partition coefficient (Wildman–Crippen LogP) is 2.26. The van der Waals surface area contributed by atoms with Crippen LogP contribution >= 0.6 is 11.6 Å². The van der Waals surface area contributed by atoms with Gasteiger partial charge in [0.15, 0.2) is 0 Å². The van der Waals surface area contributed by atoms with Crippen molar-refractivity contribution >= 4 is 11.6 Å². The molecule has 0 aliphatic carbocycles. The summed E-state index contributed by atoms with van der Waals surface area (Å²) in [7, 11) is 1.61. The SMILES string of the molecule is COc1cccc(CC(C)Cl)n1. The van der Waals surface area contributed by atoms with Gasteiger partial charge in [0.1, 0.15) is 0 Å². The third kappa shape index (κ3) is 2.70. The zero-order valence-electron chi connectivity index (χ0n) is 7.25. The van der Waals surface area contributed by atoms with E-state index in [0.717, 1.165) is 12.1 Å². The standard InChI is InChI=1S/C9H12ClNO/c1-7(10)6-8-4-3-5-9(11-8)12-2/h3-5,7H,6H2,1-2H3. The highest BCUT2D eigenvalue weighted by Gasteiger charge is 2.01. The van der Waals surface area contributed by atoms with Crippen molar-refractivity contribution in [3.8, 4) is 5.88 Å². The van der Waals surface area contributed by atoms with Crippen LogP contribution in [0.1, 0.15) is 12.6 Å². The largest absolute Gasteiger partial charge is 0.481 e. The van der Waals surface area contributed by atoms with E-state index in [1.807, 2.05) is 25.1 Å². The number of methoxy groups -OCH3 is 1. The highest BCUT2D eigenvalue weighted by Crippen LogP contribution is 2.10. The molecule has 1 aromatic rings. The lowest BCUT2D eigenvalue weighted by atomic mass is 10.2. The van der Waals surface area contributed by atoms with Crippen LogP contribution in [0.3, 0.4) is 0 Å². The maximum absolute atomic E-state index is 5.83. The third-order valence-electron chi connectivity index (χ3n) is 1.48. The third-order valence-corrected chi connectivity index (χ3v) is 1.64. The summed E-state index contributed by atoms with van der Waals surface area (Å²) in [4.78, 5) is 4.22. The van der Waals surface area contributed by atoms with Crippen molar-refractivity contribution in [1.82, 2.24) is 4.98 Å². The molecule has 3 heteroatoms. The van der Waals surface area contributed by atoms with Gasteiger partial charge < -0.3 is 4.74 Å². The van der Waals surface area contributed by atoms with Crippen LogP contribution in [0.15, 0.2) is 18.2 Å². The fourth-order valence-corrected chi connectivity index (χ4v) is 1.13. The molecule has 0 bridgehead atoms. The van der Waals surface area contributed by atoms with Gasteiger partial charge in [-0.1, -0.05) is 6.07 Å². The van der Waals surface area contributed by atoms with Crippen molar-refractivity contribution in [2.75, 3.05) is 7.11 Å². The molecule has 0 aromatic carbocycles. The van der Waals surface area contributed by atoms with Crippen molar-refractivity contribution in [2.45, 2.75) is 18.7 Å². The van der Waals surface area contributed by atoms with E-state index in [9.17, 15) is 0 Å². The van der Waals surface area contributed by atoms with E-state index in [4.69, 9.17) is 16.3 Å². The molecule has 0 N–H and O–H groups in total. The lowest BCUT2D eigenvalue weighted by Crippen LogP contribution is -2.00. The topological polar surface area (TPSA) is 22.1 Å². The molecule has 0 aliphatic rings. The normalized spacial score (nSPS) is 12.6. The summed E-state index contributed by atoms with van der Waals surface area (Å²) in [5, 5.41) is 0.115. The Morgan fingerprint density at radius 1 is 1.58 bits per heavy atom. The minimum atomic E-state index is 0.115. The zero-order chi connectivity index (χ0) is 8.97. The summed E-state index contributed by atoms with van der Waals surface area (Å²) >= 11 is 5.83. The van der Waals surface area contributed by atoms with E-state index >= 15 is 0 Å². The molecular weight excluding hydrogens is 174 g/mol. The number of hydrogen-bond acceptors (Lipinski definition) is 2. The van der Waals surface area contributed by atoms with Crippen LogP contribution < -0.4 is 4.74 Å². The van der Waals surface area contributed by atoms with Gasteiger partial charge in [-0.3, -0.25) is 0 Å². The molecule has 0 spiro atoms. The van der Waals surface area contributed by atoms with E-state index in [0.29, 0.717) is 5.88 Å². The first-order chi connectivity index (χ1) is 5.72. The number of ether oxygens (including phenoxy) is 1. The van der Waals surface area contributed by atoms with Crippen LogP contribution in [0.2, 0.25) is 0 Å². The summed E-state index contributed by atoms with van der Waals surface area (Å²) in [5.41, 5.74) is 0.969. The molecule has 1 unspecified atom stereocenters. The minimum absolute atomic E-state index is 0.115. The Morgan fingerprint density at radius 2 is 2.33 bits per heavy atom. The van der Waals surface area contributed by atoms with Crippen molar-refractivity contribution in [3.05, 3.63) is 23.9 Å². The van der Waals surface area contributed by atoms with Crippen molar-refractivity contribution < 1.29 is 4.74 Å². The summed E-state index contributed by atoms with van der Waals surface area (Å²) < 4.78 is 4.98. The molecule has 1 rings (SSSR count). The Bertz CT molecular complexity index is 250. The lowest BCUT2D eigenvalue weighted by molar-refractivity contribution is 0.396. The number of pyridine rings is 1. The highest BCUT2D eigenvalue weighted by atomic mass is 35.5. The fourth-order valence-electron chi connectivity index (χ4n) is 0.973. The number of nitrogens with zero attached hydrogens (tertiary/aromatic N) is 1. The highest BCUT2D eigenvalue weighted by molar-refractivity contribution is 6.20. The first kappa shape index (κ1) is 9.33. The second kappa shape index (κ2) is 4.31. The number of rotatable bonds is 3. The number of alkyl halides is 1. The monoisotopic (exact) mass is 185 g/mol. The smallest absolute Gasteiger partial charge is 0.213 e. The molecule has 1 atom stereocenters. The van der Waals surface area contributed by atoms with Gasteiger partial charge in [-0.15, -0.1) is 11.6 Å². The average molecular weight is 186 g/mol. The second-order valence-corrected chi connectivity index (χ2v) is 3.40. The van der Waals surface area contributed by atoms with Crippen LogP contribution in [0.5, 0.6) is 5.88 Å². The summed E-state index contributed by atoms with van der Waals surface area (Å²) in [5.74, 6) is 0.643. The van der Waals surface area contributed by atoms with E-state index in [1.165, 1.54) is 0 Å². The summed E-state index contributed by atoms with van der Waals surface area (Å²) in [6.45, 7) is 1.95. The number of halogens is 1. The summed E-state index contributed by atoms with van der Waals surface area (Å²) in [6.07, 6.45) is 0.777. The minimum Gasteiger partial charge on any atom is -0.481 e. The van der Waals surface area contributed by atoms with Crippen molar-refractivity contribution in [2.24, 2.45) is 0 Å². The van der Waals surface area contributed by atoms with E-state index < -0.39 is 0 Å². The van der Waals surface area contributed by atoms with Crippen molar-refractivity contribution in [3.63, 3.8) is 0 Å². The zero-order valence-corrected chi connectivity index (χ0v) is 8.01. The van der Waals surface area contributed by atoms with Gasteiger partial charge in [0.2, 0.25) is 5.88 Å². The molecule has 0 fully saturated rings. The maximum Gasteiger partial charge on any atom is 0.213 e. The number of hydrogen-bond donors (Lipinski definition) is 0. The van der Waals surface area contributed by atoms with Crippen LogP contribution in [0.25, 0.3) is 0 Å². The predicted molar refractivity (Wildman–Crippen MR) is 49.8 cm³/mol. The first-order valence-electron chi connectivity index (χ1n) is 3.86. The molecule has 66 valence electrons. The molecule has 0 aliphatic heterocycles. The molecule has 2 nitrogen and oxygen atoms in total. The average Bonchev–Trinajstić information content (AvgIpc) is 2.03. The first-order valence-corrected chi connectivity index (χ1v) is 4.30. The molecule has 0 saturated heterocycles. The molecule has 1 heterocycles. The molecule has 0 saturated carbocycles. The molecule has 12 heavy (non-hydrogen) atoms. The number of aromatic nitrogens is 1. The molecule has 0 radical (unpaired) electrons. The van der Waals surface area contributed by atoms with Gasteiger partial charge in [0.25, 0.3) is 0 Å². The second-order valence-electron chi connectivity index (χ2n) is 2.66. The summed E-state index contributed by atoms with van der Waals surface area (Å²) in [6, 6.07) is 5.68. The van der Waals surface area contributed by atoms with E-state index in [1.54, 1.807) is 7.11 Å². The molecule has 0 amide bonds. The van der Waals surface area contributed by atoms with E-state index in [-0.39, 0.29) is 5.38 Å². The van der Waals surface area contributed by atoms with Gasteiger partial charge in [0.05, 0.1) is 7.11 Å². The van der Waals surface area contributed by atoms with Gasteiger partial charge in [-0.25, -0.2) is 4.98 Å². The van der Waals surface area contributed by atoms with Gasteiger partial charge in [-0.05, 0) is 13.0 Å². The lowest BCUT2D eigenvalue weighted by Gasteiger charge is -2.03. The Labute approximate surface area is 77.5 Å². The van der Waals surface area contributed by atoms with Gasteiger partial charge >= 0.3 is 0 Å². The van der Waals surface area contributed by atoms with Gasteiger partial charge in [-0.2, -0.15) is 0 Å². The maximum atomic E-state index is 5.83. The fraction of sp³-hybridized carbons (Fsp3) is 0.444. The molecule has 1 aromatic heterocycles. The Balaban J connectivity index is 2.72. The Hall–Kier alpha value is -0.760. The van der Waals surface area contributed by atoms with E-state index in [2.05, 4.69) is 4.98 Å². The molecular formula is C9H12ClNO.